The predicted octanol–water partition coefficient (Wildman–Crippen LogP) is 2.82. The highest BCUT2D eigenvalue weighted by Gasteiger charge is 2.13. The summed E-state index contributed by atoms with van der Waals surface area (Å²) in [6.45, 7) is 2.66. The number of hydrogen-bond donors (Lipinski definition) is 2. The van der Waals surface area contributed by atoms with Crippen molar-refractivity contribution in [3.8, 4) is 0 Å². The Balaban J connectivity index is 2.34. The second kappa shape index (κ2) is 3.86. The molecule has 0 saturated carbocycles. The maximum atomic E-state index is 5.65. The molecule has 0 spiro atoms. The first-order valence-corrected chi connectivity index (χ1v) is 5.86. The van der Waals surface area contributed by atoms with Gasteiger partial charge in [-0.15, -0.1) is 0 Å². The third-order valence-electron chi connectivity index (χ3n) is 3.13. The van der Waals surface area contributed by atoms with E-state index < -0.39 is 0 Å². The topological polar surface area (TPSA) is 50.4 Å². The molecule has 1 heterocycles. The van der Waals surface area contributed by atoms with Gasteiger partial charge < -0.3 is 11.1 Å². The molecule has 0 saturated heterocycles. The fourth-order valence-corrected chi connectivity index (χ4v) is 2.42. The average Bonchev–Trinajstić information content (AvgIpc) is 2.32. The number of nitrogens with one attached hydrogen (secondary N) is 1. The second-order valence-corrected chi connectivity index (χ2v) is 4.33. The first kappa shape index (κ1) is 10.3. The lowest BCUT2D eigenvalue weighted by Gasteiger charge is -2.18. The molecule has 3 heteroatoms. The van der Waals surface area contributed by atoms with Gasteiger partial charge in [0.2, 0.25) is 0 Å². The molecule has 1 aliphatic heterocycles. The van der Waals surface area contributed by atoms with E-state index in [0.29, 0.717) is 6.54 Å². The van der Waals surface area contributed by atoms with Crippen molar-refractivity contribution < 1.29 is 0 Å². The summed E-state index contributed by atoms with van der Waals surface area (Å²) in [5.41, 5.74) is 9.14. The predicted molar refractivity (Wildman–Crippen MR) is 73.1 cm³/mol. The number of benzene rings is 2. The SMILES string of the molecule is CC1=Nc2ccc(CCN)c3cccc(c23)N1. The highest BCUT2D eigenvalue weighted by molar-refractivity contribution is 6.13. The molecule has 3 rings (SSSR count). The quantitative estimate of drug-likeness (QED) is 0.825. The van der Waals surface area contributed by atoms with Gasteiger partial charge in [-0.3, -0.25) is 0 Å². The third kappa shape index (κ3) is 1.59. The van der Waals surface area contributed by atoms with Crippen LogP contribution in [0.2, 0.25) is 0 Å². The molecule has 1 aliphatic rings. The summed E-state index contributed by atoms with van der Waals surface area (Å²) in [6.07, 6.45) is 0.906. The van der Waals surface area contributed by atoms with Crippen molar-refractivity contribution in [2.75, 3.05) is 11.9 Å². The maximum Gasteiger partial charge on any atom is 0.103 e. The molecule has 0 aliphatic carbocycles. The third-order valence-corrected chi connectivity index (χ3v) is 3.13. The van der Waals surface area contributed by atoms with E-state index in [1.807, 2.05) is 6.92 Å². The molecule has 17 heavy (non-hydrogen) atoms. The number of nitrogens with zero attached hydrogens (tertiary/aromatic N) is 1. The summed E-state index contributed by atoms with van der Waals surface area (Å²) in [6, 6.07) is 10.5. The number of amidine groups is 1. The first-order valence-electron chi connectivity index (χ1n) is 5.86. The summed E-state index contributed by atoms with van der Waals surface area (Å²) >= 11 is 0. The molecule has 0 atom stereocenters. The molecule has 2 aromatic carbocycles. The van der Waals surface area contributed by atoms with Crippen LogP contribution in [-0.2, 0) is 6.42 Å². The smallest absolute Gasteiger partial charge is 0.103 e. The Morgan fingerprint density at radius 3 is 2.94 bits per heavy atom. The van der Waals surface area contributed by atoms with Crippen molar-refractivity contribution in [2.45, 2.75) is 13.3 Å². The van der Waals surface area contributed by atoms with E-state index in [-0.39, 0.29) is 0 Å². The highest BCUT2D eigenvalue weighted by Crippen LogP contribution is 2.37. The Bertz CT molecular complexity index is 614. The van der Waals surface area contributed by atoms with Crippen LogP contribution >= 0.6 is 0 Å². The standard InChI is InChI=1S/C14H15N3/c1-9-16-12-4-2-3-11-10(7-8-15)5-6-13(17-9)14(11)12/h2-6H,7-8,15H2,1H3,(H,16,17). The highest BCUT2D eigenvalue weighted by atomic mass is 15.0. The Morgan fingerprint density at radius 1 is 1.24 bits per heavy atom. The number of anilines is 1. The molecular formula is C14H15N3. The number of hydrogen-bond acceptors (Lipinski definition) is 3. The van der Waals surface area contributed by atoms with Gasteiger partial charge in [-0.1, -0.05) is 18.2 Å². The van der Waals surface area contributed by atoms with Gasteiger partial charge in [0.15, 0.2) is 0 Å². The minimum atomic E-state index is 0.675. The van der Waals surface area contributed by atoms with Crippen molar-refractivity contribution in [3.05, 3.63) is 35.9 Å². The molecule has 0 radical (unpaired) electrons. The van der Waals surface area contributed by atoms with Gasteiger partial charge in [0.05, 0.1) is 5.69 Å². The van der Waals surface area contributed by atoms with Gasteiger partial charge in [0, 0.05) is 11.1 Å². The lowest BCUT2D eigenvalue weighted by molar-refractivity contribution is 0.977. The number of nitrogens with two attached hydrogens (primary N) is 1. The van der Waals surface area contributed by atoms with Crippen molar-refractivity contribution in [1.29, 1.82) is 0 Å². The van der Waals surface area contributed by atoms with E-state index >= 15 is 0 Å². The van der Waals surface area contributed by atoms with Gasteiger partial charge in [-0.25, -0.2) is 4.99 Å². The fraction of sp³-hybridized carbons (Fsp3) is 0.214. The zero-order valence-corrected chi connectivity index (χ0v) is 9.83. The number of rotatable bonds is 2. The largest absolute Gasteiger partial charge is 0.343 e. The van der Waals surface area contributed by atoms with Crippen LogP contribution in [0.15, 0.2) is 35.3 Å². The monoisotopic (exact) mass is 225 g/mol. The van der Waals surface area contributed by atoms with E-state index in [4.69, 9.17) is 5.73 Å². The Morgan fingerprint density at radius 2 is 2.12 bits per heavy atom. The molecular weight excluding hydrogens is 210 g/mol. The normalized spacial score (nSPS) is 13.4. The van der Waals surface area contributed by atoms with Crippen molar-refractivity contribution in [1.82, 2.24) is 0 Å². The molecule has 0 fully saturated rings. The Kier molecular flexibility index (Phi) is 2.34. The van der Waals surface area contributed by atoms with Crippen LogP contribution in [-0.4, -0.2) is 12.4 Å². The fourth-order valence-electron chi connectivity index (χ4n) is 2.42. The van der Waals surface area contributed by atoms with Gasteiger partial charge in [0.25, 0.3) is 0 Å². The van der Waals surface area contributed by atoms with Crippen LogP contribution in [0.4, 0.5) is 11.4 Å². The summed E-state index contributed by atoms with van der Waals surface area (Å²) in [5, 5.41) is 5.78. The molecule has 2 aromatic rings. The van der Waals surface area contributed by atoms with Crippen LogP contribution in [0.5, 0.6) is 0 Å². The van der Waals surface area contributed by atoms with E-state index in [9.17, 15) is 0 Å². The van der Waals surface area contributed by atoms with Crippen LogP contribution in [0.1, 0.15) is 12.5 Å². The lowest BCUT2D eigenvalue weighted by Crippen LogP contribution is -2.11. The second-order valence-electron chi connectivity index (χ2n) is 4.33. The summed E-state index contributed by atoms with van der Waals surface area (Å²) in [7, 11) is 0. The Hall–Kier alpha value is -1.87. The zero-order chi connectivity index (χ0) is 11.8. The summed E-state index contributed by atoms with van der Waals surface area (Å²) < 4.78 is 0. The molecule has 3 N–H and O–H groups in total. The first-order chi connectivity index (χ1) is 8.29. The molecule has 86 valence electrons. The average molecular weight is 225 g/mol. The minimum Gasteiger partial charge on any atom is -0.343 e. The molecule has 0 bridgehead atoms. The minimum absolute atomic E-state index is 0.675. The van der Waals surface area contributed by atoms with E-state index in [1.54, 1.807) is 0 Å². The van der Waals surface area contributed by atoms with Crippen LogP contribution in [0, 0.1) is 0 Å². The van der Waals surface area contributed by atoms with Crippen molar-refractivity contribution in [3.63, 3.8) is 0 Å². The van der Waals surface area contributed by atoms with E-state index in [1.165, 1.54) is 16.3 Å². The van der Waals surface area contributed by atoms with Crippen LogP contribution in [0.3, 0.4) is 0 Å². The molecule has 0 amide bonds. The summed E-state index contributed by atoms with van der Waals surface area (Å²) in [4.78, 5) is 4.54. The van der Waals surface area contributed by atoms with Gasteiger partial charge in [-0.05, 0) is 43.0 Å². The maximum absolute atomic E-state index is 5.65. The molecule has 3 nitrogen and oxygen atoms in total. The zero-order valence-electron chi connectivity index (χ0n) is 9.83. The number of aliphatic imine (C=N–C) groups is 1. The lowest BCUT2D eigenvalue weighted by atomic mass is 9.98. The summed E-state index contributed by atoms with van der Waals surface area (Å²) in [5.74, 6) is 0.941. The Labute approximate surface area is 100 Å². The van der Waals surface area contributed by atoms with Gasteiger partial charge in [-0.2, -0.15) is 0 Å². The van der Waals surface area contributed by atoms with Gasteiger partial charge >= 0.3 is 0 Å². The van der Waals surface area contributed by atoms with Crippen molar-refractivity contribution in [2.24, 2.45) is 10.7 Å². The van der Waals surface area contributed by atoms with Crippen LogP contribution in [0.25, 0.3) is 10.8 Å². The van der Waals surface area contributed by atoms with Crippen LogP contribution < -0.4 is 11.1 Å². The molecule has 0 unspecified atom stereocenters. The van der Waals surface area contributed by atoms with Gasteiger partial charge in [0.1, 0.15) is 5.84 Å². The molecule has 0 aromatic heterocycles. The van der Waals surface area contributed by atoms with Crippen molar-refractivity contribution >= 4 is 28.0 Å². The van der Waals surface area contributed by atoms with E-state index in [0.717, 1.165) is 23.6 Å². The van der Waals surface area contributed by atoms with E-state index in [2.05, 4.69) is 40.6 Å².